The molecule has 1 amide bonds. The lowest BCUT2D eigenvalue weighted by Crippen LogP contribution is -2.22. The van der Waals surface area contributed by atoms with Gasteiger partial charge in [0, 0.05) is 22.1 Å². The molecule has 0 spiro atoms. The molecular formula is C13H14N2OS. The number of rotatable bonds is 4. The first-order chi connectivity index (χ1) is 8.29. The van der Waals surface area contributed by atoms with E-state index in [4.69, 9.17) is 0 Å². The van der Waals surface area contributed by atoms with E-state index in [1.54, 1.807) is 35.9 Å². The number of nitrogens with zero attached hydrogens (tertiary/aromatic N) is 1. The fourth-order valence-corrected chi connectivity index (χ4v) is 2.37. The molecule has 0 aliphatic heterocycles. The predicted molar refractivity (Wildman–Crippen MR) is 69.1 cm³/mol. The van der Waals surface area contributed by atoms with Gasteiger partial charge in [-0.25, -0.2) is 0 Å². The third-order valence-corrected chi connectivity index (χ3v) is 3.64. The van der Waals surface area contributed by atoms with Gasteiger partial charge in [-0.2, -0.15) is 0 Å². The Morgan fingerprint density at radius 3 is 2.82 bits per heavy atom. The van der Waals surface area contributed by atoms with Crippen LogP contribution in [0.5, 0.6) is 0 Å². The predicted octanol–water partition coefficient (Wildman–Crippen LogP) is 2.64. The van der Waals surface area contributed by atoms with Gasteiger partial charge in [0.2, 0.25) is 0 Å². The van der Waals surface area contributed by atoms with E-state index in [9.17, 15) is 4.79 Å². The summed E-state index contributed by atoms with van der Waals surface area (Å²) in [6.45, 7) is 2.71. The number of carbonyl (C=O) groups is 1. The average Bonchev–Trinajstić information content (AvgIpc) is 2.85. The molecule has 0 aliphatic rings. The van der Waals surface area contributed by atoms with E-state index in [1.165, 1.54) is 9.75 Å². The highest BCUT2D eigenvalue weighted by molar-refractivity contribution is 7.11. The van der Waals surface area contributed by atoms with Crippen molar-refractivity contribution in [3.8, 4) is 0 Å². The molecule has 2 aromatic heterocycles. The van der Waals surface area contributed by atoms with Crippen LogP contribution in [0.4, 0.5) is 0 Å². The number of aryl methyl sites for hydroxylation is 1. The van der Waals surface area contributed by atoms with Crippen LogP contribution >= 0.6 is 11.3 Å². The van der Waals surface area contributed by atoms with Gasteiger partial charge in [0.05, 0.1) is 12.1 Å². The molecule has 4 heteroatoms. The molecule has 0 bridgehead atoms. The Hall–Kier alpha value is -1.68. The third kappa shape index (κ3) is 3.14. The summed E-state index contributed by atoms with van der Waals surface area (Å²) < 4.78 is 0. The molecule has 0 aliphatic carbocycles. The molecule has 1 N–H and O–H groups in total. The molecule has 0 fully saturated rings. The molecule has 2 heterocycles. The minimum absolute atomic E-state index is 0.0791. The first-order valence-electron chi connectivity index (χ1n) is 5.55. The lowest BCUT2D eigenvalue weighted by atomic mass is 10.2. The van der Waals surface area contributed by atoms with Crippen molar-refractivity contribution in [3.63, 3.8) is 0 Å². The average molecular weight is 246 g/mol. The summed E-state index contributed by atoms with van der Waals surface area (Å²) in [6, 6.07) is 7.69. The Morgan fingerprint density at radius 2 is 2.18 bits per heavy atom. The van der Waals surface area contributed by atoms with Crippen LogP contribution in [0.3, 0.4) is 0 Å². The van der Waals surface area contributed by atoms with Crippen molar-refractivity contribution in [2.75, 3.05) is 0 Å². The highest BCUT2D eigenvalue weighted by atomic mass is 32.1. The number of amides is 1. The minimum atomic E-state index is -0.0791. The number of thiophene rings is 1. The van der Waals surface area contributed by atoms with Crippen molar-refractivity contribution in [1.82, 2.24) is 10.3 Å². The van der Waals surface area contributed by atoms with Gasteiger partial charge < -0.3 is 5.32 Å². The van der Waals surface area contributed by atoms with Crippen LogP contribution < -0.4 is 5.32 Å². The Kier molecular flexibility index (Phi) is 3.88. The zero-order valence-corrected chi connectivity index (χ0v) is 10.5. The molecule has 0 saturated heterocycles. The topological polar surface area (TPSA) is 42.0 Å². The highest BCUT2D eigenvalue weighted by Gasteiger charge is 2.05. The molecule has 2 rings (SSSR count). The summed E-state index contributed by atoms with van der Waals surface area (Å²) in [5.41, 5.74) is 0.597. The summed E-state index contributed by atoms with van der Waals surface area (Å²) in [5.74, 6) is -0.0791. The van der Waals surface area contributed by atoms with Gasteiger partial charge in [-0.15, -0.1) is 11.3 Å². The summed E-state index contributed by atoms with van der Waals surface area (Å²) >= 11 is 1.74. The van der Waals surface area contributed by atoms with Crippen LogP contribution in [0.15, 0.2) is 36.7 Å². The van der Waals surface area contributed by atoms with Crippen LogP contribution in [-0.2, 0) is 13.0 Å². The Balaban J connectivity index is 1.92. The van der Waals surface area contributed by atoms with Crippen molar-refractivity contribution in [3.05, 3.63) is 52.0 Å². The van der Waals surface area contributed by atoms with Crippen molar-refractivity contribution in [2.45, 2.75) is 19.9 Å². The van der Waals surface area contributed by atoms with Crippen molar-refractivity contribution in [2.24, 2.45) is 0 Å². The highest BCUT2D eigenvalue weighted by Crippen LogP contribution is 2.16. The maximum Gasteiger partial charge on any atom is 0.253 e. The quantitative estimate of drug-likeness (QED) is 0.901. The summed E-state index contributed by atoms with van der Waals surface area (Å²) in [5, 5.41) is 2.88. The third-order valence-electron chi connectivity index (χ3n) is 2.41. The van der Waals surface area contributed by atoms with Gasteiger partial charge in [-0.1, -0.05) is 6.92 Å². The van der Waals surface area contributed by atoms with Crippen LogP contribution in [0.2, 0.25) is 0 Å². The number of nitrogens with one attached hydrogen (secondary N) is 1. The molecule has 0 saturated carbocycles. The van der Waals surface area contributed by atoms with Crippen molar-refractivity contribution in [1.29, 1.82) is 0 Å². The van der Waals surface area contributed by atoms with E-state index in [-0.39, 0.29) is 5.91 Å². The van der Waals surface area contributed by atoms with Gasteiger partial charge in [-0.3, -0.25) is 9.78 Å². The Bertz CT molecular complexity index is 493. The summed E-state index contributed by atoms with van der Waals surface area (Å²) in [6.07, 6.45) is 4.27. The minimum Gasteiger partial charge on any atom is -0.347 e. The number of aromatic nitrogens is 1. The molecule has 3 nitrogen and oxygen atoms in total. The van der Waals surface area contributed by atoms with Crippen LogP contribution in [0, 0.1) is 0 Å². The van der Waals surface area contributed by atoms with Crippen molar-refractivity contribution >= 4 is 17.2 Å². The fraction of sp³-hybridized carbons (Fsp3) is 0.231. The molecule has 17 heavy (non-hydrogen) atoms. The number of pyridine rings is 1. The molecule has 88 valence electrons. The molecule has 0 aromatic carbocycles. The first kappa shape index (κ1) is 11.8. The van der Waals surface area contributed by atoms with E-state index < -0.39 is 0 Å². The normalized spacial score (nSPS) is 10.2. The maximum atomic E-state index is 11.7. The first-order valence-corrected chi connectivity index (χ1v) is 6.37. The maximum absolute atomic E-state index is 11.7. The van der Waals surface area contributed by atoms with E-state index in [1.807, 2.05) is 0 Å². The van der Waals surface area contributed by atoms with Crippen LogP contribution in [0.1, 0.15) is 27.0 Å². The van der Waals surface area contributed by atoms with Crippen LogP contribution in [0.25, 0.3) is 0 Å². The second-order valence-corrected chi connectivity index (χ2v) is 4.90. The zero-order valence-electron chi connectivity index (χ0n) is 9.64. The standard InChI is InChI=1S/C13H14N2OS/c1-2-11-5-6-12(17-11)9-15-13(16)10-4-3-7-14-8-10/h3-8H,2,9H2,1H3,(H,15,16). The molecular weight excluding hydrogens is 232 g/mol. The lowest BCUT2D eigenvalue weighted by molar-refractivity contribution is 0.0951. The summed E-state index contributed by atoms with van der Waals surface area (Å²) in [7, 11) is 0. The van der Waals surface area contributed by atoms with E-state index in [2.05, 4.69) is 29.4 Å². The lowest BCUT2D eigenvalue weighted by Gasteiger charge is -2.02. The van der Waals surface area contributed by atoms with Crippen molar-refractivity contribution < 1.29 is 4.79 Å². The van der Waals surface area contributed by atoms with E-state index in [0.717, 1.165) is 6.42 Å². The molecule has 0 radical (unpaired) electrons. The second kappa shape index (κ2) is 5.59. The SMILES string of the molecule is CCc1ccc(CNC(=O)c2cccnc2)s1. The Labute approximate surface area is 105 Å². The molecule has 0 atom stereocenters. The Morgan fingerprint density at radius 1 is 1.35 bits per heavy atom. The number of hydrogen-bond donors (Lipinski definition) is 1. The molecule has 2 aromatic rings. The van der Waals surface area contributed by atoms with E-state index >= 15 is 0 Å². The van der Waals surface area contributed by atoms with E-state index in [0.29, 0.717) is 12.1 Å². The fourth-order valence-electron chi connectivity index (χ4n) is 1.47. The van der Waals surface area contributed by atoms with Gasteiger partial charge in [0.25, 0.3) is 5.91 Å². The van der Waals surface area contributed by atoms with Gasteiger partial charge in [-0.05, 0) is 30.7 Å². The zero-order chi connectivity index (χ0) is 12.1. The monoisotopic (exact) mass is 246 g/mol. The number of carbonyl (C=O) groups excluding carboxylic acids is 1. The van der Waals surface area contributed by atoms with Gasteiger partial charge in [0.15, 0.2) is 0 Å². The molecule has 0 unspecified atom stereocenters. The second-order valence-electron chi connectivity index (χ2n) is 3.65. The van der Waals surface area contributed by atoms with Crippen LogP contribution in [-0.4, -0.2) is 10.9 Å². The smallest absolute Gasteiger partial charge is 0.253 e. The number of hydrogen-bond acceptors (Lipinski definition) is 3. The summed E-state index contributed by atoms with van der Waals surface area (Å²) in [4.78, 5) is 18.2. The largest absolute Gasteiger partial charge is 0.347 e. The van der Waals surface area contributed by atoms with Gasteiger partial charge >= 0.3 is 0 Å². The van der Waals surface area contributed by atoms with Gasteiger partial charge in [0.1, 0.15) is 0 Å².